The quantitative estimate of drug-likeness (QED) is 0.691. The number of hydrogen-bond donors (Lipinski definition) is 1. The van der Waals surface area contributed by atoms with Gasteiger partial charge in [0.25, 0.3) is 0 Å². The van der Waals surface area contributed by atoms with Crippen molar-refractivity contribution in [2.24, 2.45) is 5.92 Å². The lowest BCUT2D eigenvalue weighted by atomic mass is 9.95. The summed E-state index contributed by atoms with van der Waals surface area (Å²) in [5.41, 5.74) is 1.07. The highest BCUT2D eigenvalue weighted by Gasteiger charge is 2.13. The molecule has 1 atom stereocenters. The standard InChI is InChI=1S/C15H23Cl2NO/c1-3-5-12(11-18-8-9-19-2)10-13-14(16)6-4-7-15(13)17/h4,6-7,12,18H,3,5,8-11H2,1-2H3. The van der Waals surface area contributed by atoms with Crippen molar-refractivity contribution < 1.29 is 4.74 Å². The van der Waals surface area contributed by atoms with Crippen molar-refractivity contribution in [1.82, 2.24) is 5.32 Å². The molecule has 0 heterocycles. The highest BCUT2D eigenvalue weighted by Crippen LogP contribution is 2.27. The zero-order valence-corrected chi connectivity index (χ0v) is 13.2. The Morgan fingerprint density at radius 3 is 2.53 bits per heavy atom. The second-order valence-corrected chi connectivity index (χ2v) is 5.57. The molecule has 0 aromatic heterocycles. The molecule has 1 aromatic carbocycles. The van der Waals surface area contributed by atoms with Crippen LogP contribution in [0.2, 0.25) is 10.0 Å². The molecule has 0 aliphatic carbocycles. The Labute approximate surface area is 126 Å². The first-order valence-corrected chi connectivity index (χ1v) is 7.57. The molecule has 0 aliphatic heterocycles. The molecule has 0 aliphatic rings. The smallest absolute Gasteiger partial charge is 0.0587 e. The van der Waals surface area contributed by atoms with Crippen LogP contribution in [-0.4, -0.2) is 26.8 Å². The molecule has 2 nitrogen and oxygen atoms in total. The zero-order chi connectivity index (χ0) is 14.1. The first-order chi connectivity index (χ1) is 9.19. The molecular formula is C15H23Cl2NO. The first kappa shape index (κ1) is 16.8. The monoisotopic (exact) mass is 303 g/mol. The molecule has 0 radical (unpaired) electrons. The third kappa shape index (κ3) is 6.13. The fourth-order valence-corrected chi connectivity index (χ4v) is 2.73. The van der Waals surface area contributed by atoms with Crippen LogP contribution in [0.5, 0.6) is 0 Å². The van der Waals surface area contributed by atoms with Crippen LogP contribution in [0, 0.1) is 5.92 Å². The highest BCUT2D eigenvalue weighted by molar-refractivity contribution is 6.35. The van der Waals surface area contributed by atoms with E-state index in [1.807, 2.05) is 18.2 Å². The number of ether oxygens (including phenoxy) is 1. The summed E-state index contributed by atoms with van der Waals surface area (Å²) < 4.78 is 5.04. The minimum Gasteiger partial charge on any atom is -0.383 e. The first-order valence-electron chi connectivity index (χ1n) is 6.81. The Morgan fingerprint density at radius 1 is 1.26 bits per heavy atom. The van der Waals surface area contributed by atoms with Crippen LogP contribution in [0.4, 0.5) is 0 Å². The number of nitrogens with one attached hydrogen (secondary N) is 1. The van der Waals surface area contributed by atoms with Gasteiger partial charge in [-0.2, -0.15) is 0 Å². The minimum atomic E-state index is 0.555. The van der Waals surface area contributed by atoms with E-state index in [0.717, 1.165) is 41.7 Å². The van der Waals surface area contributed by atoms with E-state index < -0.39 is 0 Å². The highest BCUT2D eigenvalue weighted by atomic mass is 35.5. The Bertz CT molecular complexity index is 351. The van der Waals surface area contributed by atoms with Crippen molar-refractivity contribution in [2.75, 3.05) is 26.8 Å². The van der Waals surface area contributed by atoms with Crippen LogP contribution in [-0.2, 0) is 11.2 Å². The van der Waals surface area contributed by atoms with Crippen LogP contribution in [0.1, 0.15) is 25.3 Å². The van der Waals surface area contributed by atoms with E-state index in [1.54, 1.807) is 7.11 Å². The summed E-state index contributed by atoms with van der Waals surface area (Å²) in [4.78, 5) is 0. The average Bonchev–Trinajstić information content (AvgIpc) is 2.39. The van der Waals surface area contributed by atoms with Gasteiger partial charge in [-0.25, -0.2) is 0 Å². The number of rotatable bonds is 9. The molecule has 1 N–H and O–H groups in total. The van der Waals surface area contributed by atoms with Crippen molar-refractivity contribution in [3.8, 4) is 0 Å². The van der Waals surface area contributed by atoms with E-state index in [9.17, 15) is 0 Å². The van der Waals surface area contributed by atoms with Crippen molar-refractivity contribution >= 4 is 23.2 Å². The lowest BCUT2D eigenvalue weighted by Gasteiger charge is -2.18. The lowest BCUT2D eigenvalue weighted by molar-refractivity contribution is 0.197. The van der Waals surface area contributed by atoms with Crippen molar-refractivity contribution in [3.63, 3.8) is 0 Å². The normalized spacial score (nSPS) is 12.6. The van der Waals surface area contributed by atoms with Crippen molar-refractivity contribution in [1.29, 1.82) is 0 Å². The van der Waals surface area contributed by atoms with E-state index in [4.69, 9.17) is 27.9 Å². The third-order valence-corrected chi connectivity index (χ3v) is 3.88. The van der Waals surface area contributed by atoms with Crippen molar-refractivity contribution in [2.45, 2.75) is 26.2 Å². The predicted molar refractivity (Wildman–Crippen MR) is 83.3 cm³/mol. The van der Waals surface area contributed by atoms with E-state index in [1.165, 1.54) is 12.8 Å². The third-order valence-electron chi connectivity index (χ3n) is 3.17. The topological polar surface area (TPSA) is 21.3 Å². The summed E-state index contributed by atoms with van der Waals surface area (Å²) in [6, 6.07) is 5.70. The molecule has 0 saturated carbocycles. The van der Waals surface area contributed by atoms with Gasteiger partial charge >= 0.3 is 0 Å². The summed E-state index contributed by atoms with van der Waals surface area (Å²) in [7, 11) is 1.72. The second kappa shape index (κ2) is 9.60. The maximum Gasteiger partial charge on any atom is 0.0587 e. The molecule has 19 heavy (non-hydrogen) atoms. The van der Waals surface area contributed by atoms with Gasteiger partial charge in [0.1, 0.15) is 0 Å². The molecule has 1 rings (SSSR count). The number of halogens is 2. The van der Waals surface area contributed by atoms with Gasteiger partial charge in [0.05, 0.1) is 6.61 Å². The van der Waals surface area contributed by atoms with Gasteiger partial charge in [0.15, 0.2) is 0 Å². The van der Waals surface area contributed by atoms with Gasteiger partial charge in [-0.05, 0) is 43.0 Å². The molecule has 1 unspecified atom stereocenters. The summed E-state index contributed by atoms with van der Waals surface area (Å²) >= 11 is 12.5. The van der Waals surface area contributed by atoms with E-state index in [2.05, 4.69) is 12.2 Å². The fraction of sp³-hybridized carbons (Fsp3) is 0.600. The predicted octanol–water partition coefficient (Wildman–Crippen LogP) is 4.19. The Balaban J connectivity index is 2.57. The van der Waals surface area contributed by atoms with E-state index in [0.29, 0.717) is 5.92 Å². The fourth-order valence-electron chi connectivity index (χ4n) is 2.18. The van der Waals surface area contributed by atoms with Crippen LogP contribution < -0.4 is 5.32 Å². The zero-order valence-electron chi connectivity index (χ0n) is 11.7. The van der Waals surface area contributed by atoms with Gasteiger partial charge in [0, 0.05) is 23.7 Å². The maximum absolute atomic E-state index is 6.23. The van der Waals surface area contributed by atoms with Gasteiger partial charge in [0.2, 0.25) is 0 Å². The van der Waals surface area contributed by atoms with Crippen LogP contribution >= 0.6 is 23.2 Å². The second-order valence-electron chi connectivity index (χ2n) is 4.76. The Morgan fingerprint density at radius 2 is 1.95 bits per heavy atom. The summed E-state index contributed by atoms with van der Waals surface area (Å²) in [5, 5.41) is 4.96. The van der Waals surface area contributed by atoms with Gasteiger partial charge in [-0.15, -0.1) is 0 Å². The van der Waals surface area contributed by atoms with E-state index >= 15 is 0 Å². The SMILES string of the molecule is CCCC(CNCCOC)Cc1c(Cl)cccc1Cl. The molecular weight excluding hydrogens is 281 g/mol. The van der Waals surface area contributed by atoms with E-state index in [-0.39, 0.29) is 0 Å². The molecule has 0 amide bonds. The molecule has 4 heteroatoms. The van der Waals surface area contributed by atoms with Crippen LogP contribution in [0.25, 0.3) is 0 Å². The van der Waals surface area contributed by atoms with Crippen LogP contribution in [0.3, 0.4) is 0 Å². The molecule has 0 bridgehead atoms. The largest absolute Gasteiger partial charge is 0.383 e. The maximum atomic E-state index is 6.23. The molecule has 0 fully saturated rings. The molecule has 1 aromatic rings. The number of benzene rings is 1. The van der Waals surface area contributed by atoms with Crippen LogP contribution in [0.15, 0.2) is 18.2 Å². The molecule has 108 valence electrons. The summed E-state index contributed by atoms with van der Waals surface area (Å²) in [6.45, 7) is 4.80. The number of methoxy groups -OCH3 is 1. The molecule has 0 spiro atoms. The number of hydrogen-bond acceptors (Lipinski definition) is 2. The van der Waals surface area contributed by atoms with Gasteiger partial charge in [-0.1, -0.05) is 42.6 Å². The summed E-state index contributed by atoms with van der Waals surface area (Å²) in [6.07, 6.45) is 3.26. The Hall–Kier alpha value is -0.280. The van der Waals surface area contributed by atoms with Gasteiger partial charge < -0.3 is 10.1 Å². The summed E-state index contributed by atoms with van der Waals surface area (Å²) in [5.74, 6) is 0.555. The average molecular weight is 304 g/mol. The molecule has 0 saturated heterocycles. The van der Waals surface area contributed by atoms with Gasteiger partial charge in [-0.3, -0.25) is 0 Å². The lowest BCUT2D eigenvalue weighted by Crippen LogP contribution is -2.27. The minimum absolute atomic E-state index is 0.555. The Kier molecular flexibility index (Phi) is 8.47. The van der Waals surface area contributed by atoms with Crippen molar-refractivity contribution in [3.05, 3.63) is 33.8 Å².